The van der Waals surface area contributed by atoms with Crippen LogP contribution in [0.1, 0.15) is 59.8 Å². The van der Waals surface area contributed by atoms with E-state index in [9.17, 15) is 9.59 Å². The Kier molecular flexibility index (Phi) is 7.20. The quantitative estimate of drug-likeness (QED) is 0.732. The highest BCUT2D eigenvalue weighted by molar-refractivity contribution is 6.34. The van der Waals surface area contributed by atoms with Gasteiger partial charge in [0.15, 0.2) is 0 Å². The van der Waals surface area contributed by atoms with E-state index in [0.29, 0.717) is 24.9 Å². The largest absolute Gasteiger partial charge is 0.335 e. The van der Waals surface area contributed by atoms with Gasteiger partial charge in [0, 0.05) is 26.2 Å². The van der Waals surface area contributed by atoms with Crippen LogP contribution in [0.5, 0.6) is 0 Å². The van der Waals surface area contributed by atoms with Crippen molar-refractivity contribution in [3.63, 3.8) is 0 Å². The lowest BCUT2D eigenvalue weighted by molar-refractivity contribution is -0.153. The molecule has 0 atom stereocenters. The Morgan fingerprint density at radius 3 is 1.81 bits per heavy atom. The van der Waals surface area contributed by atoms with E-state index in [2.05, 4.69) is 27.7 Å². The lowest BCUT2D eigenvalue weighted by Crippen LogP contribution is -2.49. The van der Waals surface area contributed by atoms with Crippen LogP contribution in [0.15, 0.2) is 0 Å². The zero-order valence-corrected chi connectivity index (χ0v) is 14.4. The first-order valence-corrected chi connectivity index (χ1v) is 8.39. The molecule has 0 aliphatic heterocycles. The Bertz CT molecular complexity index is 337. The summed E-state index contributed by atoms with van der Waals surface area (Å²) in [4.78, 5) is 28.4. The molecule has 0 aromatic heterocycles. The summed E-state index contributed by atoms with van der Waals surface area (Å²) in [5.41, 5.74) is 0. The molecule has 0 bridgehead atoms. The molecule has 0 heterocycles. The number of amides is 2. The van der Waals surface area contributed by atoms with Crippen LogP contribution in [0.3, 0.4) is 0 Å². The Hall–Kier alpha value is -1.06. The summed E-state index contributed by atoms with van der Waals surface area (Å²) in [6.45, 7) is 9.63. The second-order valence-corrected chi connectivity index (χ2v) is 7.21. The van der Waals surface area contributed by atoms with Crippen molar-refractivity contribution < 1.29 is 9.59 Å². The summed E-state index contributed by atoms with van der Waals surface area (Å²) in [6, 6.07) is 0.246. The van der Waals surface area contributed by atoms with Crippen LogP contribution in [0, 0.1) is 11.8 Å². The first-order valence-electron chi connectivity index (χ1n) is 8.39. The third-order valence-corrected chi connectivity index (χ3v) is 4.08. The fourth-order valence-corrected chi connectivity index (χ4v) is 3.04. The normalized spacial score (nSPS) is 16.3. The number of rotatable bonds is 5. The van der Waals surface area contributed by atoms with Gasteiger partial charge < -0.3 is 9.80 Å². The van der Waals surface area contributed by atoms with Crippen molar-refractivity contribution in [1.29, 1.82) is 0 Å². The average Bonchev–Trinajstić information content (AvgIpc) is 2.44. The third-order valence-electron chi connectivity index (χ3n) is 4.08. The van der Waals surface area contributed by atoms with E-state index in [-0.39, 0.29) is 17.9 Å². The summed E-state index contributed by atoms with van der Waals surface area (Å²) in [5, 5.41) is 0. The van der Waals surface area contributed by atoms with Crippen molar-refractivity contribution in [3.8, 4) is 0 Å². The number of likely N-dealkylation sites (N-methyl/N-ethyl adjacent to an activating group) is 1. The van der Waals surface area contributed by atoms with Gasteiger partial charge in [-0.3, -0.25) is 9.59 Å². The Labute approximate surface area is 129 Å². The molecule has 4 nitrogen and oxygen atoms in total. The summed E-state index contributed by atoms with van der Waals surface area (Å²) >= 11 is 0. The van der Waals surface area contributed by atoms with Crippen molar-refractivity contribution in [2.45, 2.75) is 65.8 Å². The maximum absolute atomic E-state index is 12.5. The minimum absolute atomic E-state index is 0.246. The molecular formula is C17H32N2O2. The van der Waals surface area contributed by atoms with E-state index in [4.69, 9.17) is 0 Å². The van der Waals surface area contributed by atoms with Gasteiger partial charge in [-0.1, -0.05) is 47.0 Å². The number of hydrogen-bond donors (Lipinski definition) is 0. The molecule has 0 saturated heterocycles. The van der Waals surface area contributed by atoms with E-state index in [1.807, 2.05) is 0 Å². The van der Waals surface area contributed by atoms with E-state index in [0.717, 1.165) is 25.7 Å². The van der Waals surface area contributed by atoms with Gasteiger partial charge >= 0.3 is 11.8 Å². The lowest BCUT2D eigenvalue weighted by atomic mass is 9.94. The molecule has 0 aromatic carbocycles. The van der Waals surface area contributed by atoms with Crippen molar-refractivity contribution in [2.24, 2.45) is 11.8 Å². The fraction of sp³-hybridized carbons (Fsp3) is 0.882. The molecule has 1 saturated carbocycles. The smallest absolute Gasteiger partial charge is 0.312 e. The molecule has 2 amide bonds. The van der Waals surface area contributed by atoms with Gasteiger partial charge in [0.2, 0.25) is 0 Å². The van der Waals surface area contributed by atoms with Crippen LogP contribution in [0.2, 0.25) is 0 Å². The predicted molar refractivity (Wildman–Crippen MR) is 85.9 cm³/mol. The van der Waals surface area contributed by atoms with Crippen LogP contribution in [-0.4, -0.2) is 47.8 Å². The first-order chi connectivity index (χ1) is 9.82. The summed E-state index contributed by atoms with van der Waals surface area (Å²) < 4.78 is 0. The molecule has 0 unspecified atom stereocenters. The van der Waals surface area contributed by atoms with Crippen molar-refractivity contribution >= 4 is 11.8 Å². The van der Waals surface area contributed by atoms with Gasteiger partial charge in [0.05, 0.1) is 0 Å². The van der Waals surface area contributed by atoms with E-state index < -0.39 is 0 Å². The van der Waals surface area contributed by atoms with Crippen LogP contribution < -0.4 is 0 Å². The highest BCUT2D eigenvalue weighted by Gasteiger charge is 2.30. The second-order valence-electron chi connectivity index (χ2n) is 7.21. The Morgan fingerprint density at radius 1 is 0.905 bits per heavy atom. The second kappa shape index (κ2) is 8.40. The number of nitrogens with zero attached hydrogens (tertiary/aromatic N) is 2. The van der Waals surface area contributed by atoms with Crippen molar-refractivity contribution in [3.05, 3.63) is 0 Å². The molecule has 1 aliphatic carbocycles. The summed E-state index contributed by atoms with van der Waals surface area (Å²) in [6.07, 6.45) is 5.64. The van der Waals surface area contributed by atoms with Gasteiger partial charge in [0.25, 0.3) is 0 Å². The van der Waals surface area contributed by atoms with Crippen LogP contribution in [0.4, 0.5) is 0 Å². The maximum atomic E-state index is 12.5. The summed E-state index contributed by atoms with van der Waals surface area (Å²) in [5.74, 6) is 0.0923. The van der Waals surface area contributed by atoms with Crippen LogP contribution in [-0.2, 0) is 9.59 Å². The standard InChI is InChI=1S/C17H32N2O2/c1-13(2)11-19(12-14(3)4)17(21)16(20)18(5)15-9-7-6-8-10-15/h13-15H,6-12H2,1-5H3. The van der Waals surface area contributed by atoms with E-state index in [1.54, 1.807) is 16.8 Å². The monoisotopic (exact) mass is 296 g/mol. The zero-order valence-electron chi connectivity index (χ0n) is 14.4. The molecule has 1 rings (SSSR count). The van der Waals surface area contributed by atoms with Crippen molar-refractivity contribution in [2.75, 3.05) is 20.1 Å². The topological polar surface area (TPSA) is 40.6 Å². The first kappa shape index (κ1) is 18.0. The minimum Gasteiger partial charge on any atom is -0.335 e. The molecule has 1 aliphatic rings. The number of carbonyl (C=O) groups excluding carboxylic acids is 2. The van der Waals surface area contributed by atoms with E-state index >= 15 is 0 Å². The molecule has 0 aromatic rings. The van der Waals surface area contributed by atoms with E-state index in [1.165, 1.54) is 6.42 Å². The highest BCUT2D eigenvalue weighted by atomic mass is 16.2. The molecule has 0 N–H and O–H groups in total. The Morgan fingerprint density at radius 2 is 1.38 bits per heavy atom. The molecule has 1 fully saturated rings. The predicted octanol–water partition coefficient (Wildman–Crippen LogP) is 2.92. The average molecular weight is 296 g/mol. The van der Waals surface area contributed by atoms with Crippen molar-refractivity contribution in [1.82, 2.24) is 9.80 Å². The molecule has 4 heteroatoms. The SMILES string of the molecule is CC(C)CN(CC(C)C)C(=O)C(=O)N(C)C1CCCCC1. The third kappa shape index (κ3) is 5.68. The highest BCUT2D eigenvalue weighted by Crippen LogP contribution is 2.22. The number of hydrogen-bond acceptors (Lipinski definition) is 2. The van der Waals surface area contributed by atoms with Gasteiger partial charge in [0.1, 0.15) is 0 Å². The van der Waals surface area contributed by atoms with Gasteiger partial charge in [-0.2, -0.15) is 0 Å². The molecule has 21 heavy (non-hydrogen) atoms. The minimum atomic E-state index is -0.330. The Balaban J connectivity index is 2.69. The summed E-state index contributed by atoms with van der Waals surface area (Å²) in [7, 11) is 1.79. The fourth-order valence-electron chi connectivity index (χ4n) is 3.04. The lowest BCUT2D eigenvalue weighted by Gasteiger charge is -2.33. The zero-order chi connectivity index (χ0) is 16.0. The molecule has 0 spiro atoms. The molecular weight excluding hydrogens is 264 g/mol. The van der Waals surface area contributed by atoms with Crippen LogP contribution >= 0.6 is 0 Å². The molecule has 0 radical (unpaired) electrons. The van der Waals surface area contributed by atoms with Crippen LogP contribution in [0.25, 0.3) is 0 Å². The number of carbonyl (C=O) groups is 2. The molecule has 122 valence electrons. The van der Waals surface area contributed by atoms with Gasteiger partial charge in [-0.05, 0) is 24.7 Å². The van der Waals surface area contributed by atoms with Gasteiger partial charge in [-0.25, -0.2) is 0 Å². The maximum Gasteiger partial charge on any atom is 0.312 e. The van der Waals surface area contributed by atoms with Gasteiger partial charge in [-0.15, -0.1) is 0 Å².